The van der Waals surface area contributed by atoms with Crippen LogP contribution in [-0.2, 0) is 6.18 Å². The number of halogens is 3. The first-order chi connectivity index (χ1) is 15.4. The van der Waals surface area contributed by atoms with Crippen molar-refractivity contribution in [2.24, 2.45) is 5.92 Å². The average molecular weight is 436 g/mol. The fraction of sp³-hybridized carbons (Fsp3) is 0.320. The van der Waals surface area contributed by atoms with Gasteiger partial charge in [-0.2, -0.15) is 13.2 Å². The summed E-state index contributed by atoms with van der Waals surface area (Å²) < 4.78 is 38.7. The normalized spacial score (nSPS) is 19.4. The summed E-state index contributed by atoms with van der Waals surface area (Å²) in [6.07, 6.45) is 2.28. The third-order valence-corrected chi connectivity index (χ3v) is 6.37. The summed E-state index contributed by atoms with van der Waals surface area (Å²) in [5.74, 6) is 1.92. The summed E-state index contributed by atoms with van der Waals surface area (Å²) in [5, 5.41) is 0. The number of nitrogens with zero attached hydrogens (tertiary/aromatic N) is 3. The third-order valence-electron chi connectivity index (χ3n) is 6.37. The summed E-state index contributed by atoms with van der Waals surface area (Å²) in [4.78, 5) is 15.4. The molecule has 1 aromatic carbocycles. The molecule has 0 atom stereocenters. The van der Waals surface area contributed by atoms with Gasteiger partial charge < -0.3 is 4.98 Å². The topological polar surface area (TPSA) is 54.5 Å². The summed E-state index contributed by atoms with van der Waals surface area (Å²) >= 11 is 0. The maximum atomic E-state index is 12.9. The second-order valence-electron chi connectivity index (χ2n) is 8.66. The molecule has 0 amide bonds. The molecule has 164 valence electrons. The molecular formula is C25H23F3N4. The first-order valence-electron chi connectivity index (χ1n) is 10.9. The van der Waals surface area contributed by atoms with E-state index in [9.17, 15) is 13.2 Å². The molecule has 1 aliphatic rings. The van der Waals surface area contributed by atoms with Crippen molar-refractivity contribution in [1.82, 2.24) is 19.9 Å². The first-order valence-corrected chi connectivity index (χ1v) is 10.9. The van der Waals surface area contributed by atoms with Crippen molar-refractivity contribution in [3.8, 4) is 22.6 Å². The van der Waals surface area contributed by atoms with Gasteiger partial charge in [0, 0.05) is 17.3 Å². The number of imidazole rings is 1. The van der Waals surface area contributed by atoms with E-state index in [0.717, 1.165) is 23.2 Å². The number of fused-ring (bicyclic) bond motifs is 1. The van der Waals surface area contributed by atoms with Crippen LogP contribution < -0.4 is 0 Å². The molecule has 4 nitrogen and oxygen atoms in total. The lowest BCUT2D eigenvalue weighted by Gasteiger charge is -2.26. The zero-order valence-electron chi connectivity index (χ0n) is 17.7. The number of benzene rings is 1. The molecular weight excluding hydrogens is 413 g/mol. The quantitative estimate of drug-likeness (QED) is 0.376. The van der Waals surface area contributed by atoms with Crippen LogP contribution in [0.5, 0.6) is 0 Å². The maximum Gasteiger partial charge on any atom is 0.433 e. The van der Waals surface area contributed by atoms with E-state index in [0.29, 0.717) is 22.8 Å². The second kappa shape index (κ2) is 8.04. The Labute approximate surface area is 184 Å². The van der Waals surface area contributed by atoms with Crippen LogP contribution in [0.15, 0.2) is 54.7 Å². The third kappa shape index (κ3) is 4.11. The Morgan fingerprint density at radius 2 is 1.56 bits per heavy atom. The van der Waals surface area contributed by atoms with E-state index < -0.39 is 11.9 Å². The van der Waals surface area contributed by atoms with Gasteiger partial charge in [0.05, 0.1) is 11.2 Å². The molecule has 7 heteroatoms. The Morgan fingerprint density at radius 1 is 0.844 bits per heavy atom. The molecule has 1 saturated carbocycles. The first kappa shape index (κ1) is 20.7. The number of alkyl halides is 3. The number of H-pyrrole nitrogens is 1. The van der Waals surface area contributed by atoms with Crippen LogP contribution in [0.1, 0.15) is 49.8 Å². The van der Waals surface area contributed by atoms with Crippen LogP contribution in [0.3, 0.4) is 0 Å². The highest BCUT2D eigenvalue weighted by molar-refractivity contribution is 5.76. The monoisotopic (exact) mass is 436 g/mol. The second-order valence-corrected chi connectivity index (χ2v) is 8.66. The molecule has 32 heavy (non-hydrogen) atoms. The largest absolute Gasteiger partial charge is 0.433 e. The Hall–Kier alpha value is -3.22. The van der Waals surface area contributed by atoms with Gasteiger partial charge in [-0.1, -0.05) is 44.0 Å². The van der Waals surface area contributed by atoms with Crippen LogP contribution in [0.25, 0.3) is 33.8 Å². The van der Waals surface area contributed by atoms with Crippen molar-refractivity contribution < 1.29 is 13.2 Å². The summed E-state index contributed by atoms with van der Waals surface area (Å²) in [5.41, 5.74) is 3.48. The van der Waals surface area contributed by atoms with Gasteiger partial charge in [0.2, 0.25) is 0 Å². The van der Waals surface area contributed by atoms with Gasteiger partial charge in [-0.05, 0) is 54.5 Å². The smallest absolute Gasteiger partial charge is 0.337 e. The molecule has 0 saturated heterocycles. The van der Waals surface area contributed by atoms with Gasteiger partial charge in [-0.15, -0.1) is 0 Å². The van der Waals surface area contributed by atoms with E-state index in [2.05, 4.69) is 51.1 Å². The summed E-state index contributed by atoms with van der Waals surface area (Å²) in [6, 6.07) is 14.7. The van der Waals surface area contributed by atoms with Crippen molar-refractivity contribution in [3.63, 3.8) is 0 Å². The lowest BCUT2D eigenvalue weighted by Crippen LogP contribution is -2.10. The Morgan fingerprint density at radius 3 is 2.22 bits per heavy atom. The van der Waals surface area contributed by atoms with Crippen LogP contribution in [-0.4, -0.2) is 19.9 Å². The highest BCUT2D eigenvalue weighted by Gasteiger charge is 2.32. The zero-order valence-corrected chi connectivity index (χ0v) is 17.7. The van der Waals surface area contributed by atoms with E-state index in [1.165, 1.54) is 37.3 Å². The average Bonchev–Trinajstić information content (AvgIpc) is 3.23. The number of aromatic amines is 1. The van der Waals surface area contributed by atoms with Gasteiger partial charge in [-0.25, -0.2) is 9.97 Å². The van der Waals surface area contributed by atoms with E-state index >= 15 is 0 Å². The summed E-state index contributed by atoms with van der Waals surface area (Å²) in [6.45, 7) is 2.33. The van der Waals surface area contributed by atoms with Gasteiger partial charge in [0.25, 0.3) is 0 Å². The molecule has 0 unspecified atom stereocenters. The van der Waals surface area contributed by atoms with Crippen molar-refractivity contribution in [2.45, 2.75) is 44.7 Å². The van der Waals surface area contributed by atoms with Crippen molar-refractivity contribution in [1.29, 1.82) is 0 Å². The fourth-order valence-electron chi connectivity index (χ4n) is 4.41. The number of aromatic nitrogens is 4. The molecule has 3 aromatic heterocycles. The van der Waals surface area contributed by atoms with Gasteiger partial charge in [-0.3, -0.25) is 4.98 Å². The minimum absolute atomic E-state index is 0.0339. The number of pyridine rings is 2. The lowest BCUT2D eigenvalue weighted by molar-refractivity contribution is -0.141. The van der Waals surface area contributed by atoms with Gasteiger partial charge in [0.15, 0.2) is 5.65 Å². The SMILES string of the molecule is CC1CCC(c2ccc(-c3ccc(-c4nc5nc(C(F)(F)F)ccc5[nH]4)cn3)cc2)CC1. The number of hydrogen-bond acceptors (Lipinski definition) is 3. The highest BCUT2D eigenvalue weighted by Crippen LogP contribution is 2.36. The van der Waals surface area contributed by atoms with E-state index in [1.54, 1.807) is 6.20 Å². The minimum Gasteiger partial charge on any atom is -0.337 e. The fourth-order valence-corrected chi connectivity index (χ4v) is 4.41. The van der Waals surface area contributed by atoms with Crippen LogP contribution in [0.4, 0.5) is 13.2 Å². The Bertz CT molecular complexity index is 1220. The minimum atomic E-state index is -4.50. The van der Waals surface area contributed by atoms with E-state index in [1.807, 2.05) is 12.1 Å². The molecule has 1 fully saturated rings. The maximum absolute atomic E-state index is 12.9. The molecule has 3 heterocycles. The van der Waals surface area contributed by atoms with Gasteiger partial charge >= 0.3 is 6.18 Å². The predicted octanol–water partition coefficient (Wildman–Crippen LogP) is 7.00. The molecule has 1 N–H and O–H groups in total. The number of hydrogen-bond donors (Lipinski definition) is 1. The molecule has 1 aliphatic carbocycles. The van der Waals surface area contributed by atoms with Gasteiger partial charge in [0.1, 0.15) is 11.5 Å². The summed E-state index contributed by atoms with van der Waals surface area (Å²) in [7, 11) is 0. The van der Waals surface area contributed by atoms with E-state index in [4.69, 9.17) is 0 Å². The zero-order chi connectivity index (χ0) is 22.3. The molecule has 0 spiro atoms. The molecule has 5 rings (SSSR count). The standard InChI is InChI=1S/C25H23F3N4/c1-15-2-4-16(5-3-15)17-6-8-18(9-7-17)20-11-10-19(14-29-20)23-30-21-12-13-22(25(26,27)28)31-24(21)32-23/h6-16H,2-5H2,1H3,(H,30,31,32). The predicted molar refractivity (Wildman–Crippen MR) is 118 cm³/mol. The van der Waals surface area contributed by atoms with Crippen molar-refractivity contribution in [2.75, 3.05) is 0 Å². The van der Waals surface area contributed by atoms with Crippen LogP contribution in [0.2, 0.25) is 0 Å². The van der Waals surface area contributed by atoms with E-state index in [-0.39, 0.29) is 5.65 Å². The number of nitrogens with one attached hydrogen (secondary N) is 1. The molecule has 0 aliphatic heterocycles. The Kier molecular flexibility index (Phi) is 5.19. The molecule has 4 aromatic rings. The number of rotatable bonds is 3. The van der Waals surface area contributed by atoms with Crippen LogP contribution in [0, 0.1) is 5.92 Å². The van der Waals surface area contributed by atoms with Crippen LogP contribution >= 0.6 is 0 Å². The van der Waals surface area contributed by atoms with Crippen molar-refractivity contribution >= 4 is 11.2 Å². The lowest BCUT2D eigenvalue weighted by atomic mass is 9.79. The molecule has 0 radical (unpaired) electrons. The van der Waals surface area contributed by atoms with Crippen molar-refractivity contribution in [3.05, 3.63) is 66.0 Å². The highest BCUT2D eigenvalue weighted by atomic mass is 19.4. The Balaban J connectivity index is 1.35. The molecule has 0 bridgehead atoms.